The van der Waals surface area contributed by atoms with Crippen molar-refractivity contribution in [3.05, 3.63) is 29.3 Å². The second-order valence-corrected chi connectivity index (χ2v) is 2.90. The van der Waals surface area contributed by atoms with E-state index in [-0.39, 0.29) is 11.7 Å². The first-order chi connectivity index (χ1) is 5.65. The number of halogens is 1. The molecule has 3 heteroatoms. The van der Waals surface area contributed by atoms with Gasteiger partial charge < -0.3 is 5.73 Å². The Hall–Kier alpha value is -1.02. The topological polar surface area (TPSA) is 43.1 Å². The standard InChI is InChI=1S/C9H10ClNO/c1-6-2-3-7(4-8(6)11)9(12)5-10/h2-4H,5,11H2,1H3. The molecule has 1 aromatic carbocycles. The van der Waals surface area contributed by atoms with E-state index in [1.54, 1.807) is 12.1 Å². The summed E-state index contributed by atoms with van der Waals surface area (Å²) in [6, 6.07) is 5.20. The van der Waals surface area contributed by atoms with Crippen molar-refractivity contribution in [1.82, 2.24) is 0 Å². The number of alkyl halides is 1. The summed E-state index contributed by atoms with van der Waals surface area (Å²) in [5.74, 6) is -0.0916. The number of aryl methyl sites for hydroxylation is 1. The summed E-state index contributed by atoms with van der Waals surface area (Å²) in [5, 5.41) is 0. The number of hydrogen-bond acceptors (Lipinski definition) is 2. The fraction of sp³-hybridized carbons (Fsp3) is 0.222. The van der Waals surface area contributed by atoms with Crippen molar-refractivity contribution in [2.45, 2.75) is 6.92 Å². The van der Waals surface area contributed by atoms with Crippen LogP contribution in [0.5, 0.6) is 0 Å². The van der Waals surface area contributed by atoms with Crippen LogP contribution >= 0.6 is 11.6 Å². The molecule has 0 bridgehead atoms. The molecular weight excluding hydrogens is 174 g/mol. The minimum Gasteiger partial charge on any atom is -0.398 e. The average molecular weight is 184 g/mol. The summed E-state index contributed by atoms with van der Waals surface area (Å²) in [7, 11) is 0. The SMILES string of the molecule is Cc1ccc(C(=O)CCl)cc1N. The van der Waals surface area contributed by atoms with Crippen LogP contribution in [0, 0.1) is 6.92 Å². The first-order valence-electron chi connectivity index (χ1n) is 3.60. The molecule has 1 rings (SSSR count). The molecule has 2 nitrogen and oxygen atoms in total. The lowest BCUT2D eigenvalue weighted by molar-refractivity contribution is 0.102. The smallest absolute Gasteiger partial charge is 0.177 e. The second kappa shape index (κ2) is 3.59. The number of benzene rings is 1. The number of rotatable bonds is 2. The van der Waals surface area contributed by atoms with Gasteiger partial charge in [-0.15, -0.1) is 11.6 Å². The zero-order valence-electron chi connectivity index (χ0n) is 6.80. The number of nitrogens with two attached hydrogens (primary N) is 1. The minimum atomic E-state index is -0.0941. The van der Waals surface area contributed by atoms with Crippen LogP contribution in [0.3, 0.4) is 0 Å². The third-order valence-electron chi connectivity index (χ3n) is 1.72. The Kier molecular flexibility index (Phi) is 2.71. The first kappa shape index (κ1) is 9.07. The van der Waals surface area contributed by atoms with E-state index in [2.05, 4.69) is 0 Å². The number of nitrogen functional groups attached to an aromatic ring is 1. The molecule has 12 heavy (non-hydrogen) atoms. The lowest BCUT2D eigenvalue weighted by atomic mass is 10.1. The molecule has 0 fully saturated rings. The highest BCUT2D eigenvalue weighted by Gasteiger charge is 2.04. The molecule has 0 aliphatic carbocycles. The quantitative estimate of drug-likeness (QED) is 0.433. The highest BCUT2D eigenvalue weighted by molar-refractivity contribution is 6.30. The van der Waals surface area contributed by atoms with Crippen LogP contribution in [0.4, 0.5) is 5.69 Å². The fourth-order valence-corrected chi connectivity index (χ4v) is 1.05. The van der Waals surface area contributed by atoms with E-state index in [9.17, 15) is 4.79 Å². The molecule has 64 valence electrons. The van der Waals surface area contributed by atoms with Crippen molar-refractivity contribution >= 4 is 23.1 Å². The van der Waals surface area contributed by atoms with Crippen LogP contribution in [0.1, 0.15) is 15.9 Å². The predicted octanol–water partition coefficient (Wildman–Crippen LogP) is 2.00. The zero-order valence-corrected chi connectivity index (χ0v) is 7.56. The van der Waals surface area contributed by atoms with Gasteiger partial charge in [0.2, 0.25) is 0 Å². The molecule has 2 N–H and O–H groups in total. The highest BCUT2D eigenvalue weighted by Crippen LogP contribution is 2.13. The zero-order chi connectivity index (χ0) is 9.14. The highest BCUT2D eigenvalue weighted by atomic mass is 35.5. The normalized spacial score (nSPS) is 9.83. The molecule has 0 saturated carbocycles. The molecule has 0 atom stereocenters. The molecule has 0 aliphatic rings. The van der Waals surface area contributed by atoms with E-state index in [0.29, 0.717) is 11.3 Å². The van der Waals surface area contributed by atoms with Gasteiger partial charge in [-0.1, -0.05) is 12.1 Å². The van der Waals surface area contributed by atoms with Crippen molar-refractivity contribution < 1.29 is 4.79 Å². The molecule has 1 aromatic rings. The number of carbonyl (C=O) groups excluding carboxylic acids is 1. The van der Waals surface area contributed by atoms with Gasteiger partial charge in [-0.3, -0.25) is 4.79 Å². The Balaban J connectivity index is 3.05. The van der Waals surface area contributed by atoms with Gasteiger partial charge in [0.15, 0.2) is 5.78 Å². The molecule has 0 aliphatic heterocycles. The van der Waals surface area contributed by atoms with Gasteiger partial charge in [0, 0.05) is 11.3 Å². The number of ketones is 1. The average Bonchev–Trinajstić information content (AvgIpc) is 2.08. The van der Waals surface area contributed by atoms with Crippen LogP contribution in [-0.4, -0.2) is 11.7 Å². The monoisotopic (exact) mass is 183 g/mol. The maximum Gasteiger partial charge on any atom is 0.177 e. The largest absolute Gasteiger partial charge is 0.398 e. The van der Waals surface area contributed by atoms with Gasteiger partial charge in [-0.25, -0.2) is 0 Å². The summed E-state index contributed by atoms with van der Waals surface area (Å²) in [6.07, 6.45) is 0. The van der Waals surface area contributed by atoms with Gasteiger partial charge in [0.05, 0.1) is 5.88 Å². The van der Waals surface area contributed by atoms with Gasteiger partial charge in [-0.05, 0) is 18.6 Å². The Labute approximate surface area is 76.3 Å². The van der Waals surface area contributed by atoms with Gasteiger partial charge in [0.25, 0.3) is 0 Å². The third-order valence-corrected chi connectivity index (χ3v) is 1.97. The van der Waals surface area contributed by atoms with Gasteiger partial charge in [-0.2, -0.15) is 0 Å². The van der Waals surface area contributed by atoms with E-state index in [1.165, 1.54) is 0 Å². The van der Waals surface area contributed by atoms with Crippen molar-refractivity contribution in [2.75, 3.05) is 11.6 Å². The minimum absolute atomic E-state index is 0.00248. The summed E-state index contributed by atoms with van der Waals surface area (Å²) >= 11 is 5.39. The Morgan fingerprint density at radius 1 is 1.58 bits per heavy atom. The van der Waals surface area contributed by atoms with Crippen LogP contribution in [0.15, 0.2) is 18.2 Å². The maximum absolute atomic E-state index is 11.1. The van der Waals surface area contributed by atoms with Gasteiger partial charge in [0.1, 0.15) is 0 Å². The van der Waals surface area contributed by atoms with Crippen molar-refractivity contribution in [3.63, 3.8) is 0 Å². The van der Waals surface area contributed by atoms with E-state index in [4.69, 9.17) is 17.3 Å². The Morgan fingerprint density at radius 2 is 2.25 bits per heavy atom. The third kappa shape index (κ3) is 1.77. The van der Waals surface area contributed by atoms with Crippen LogP contribution in [0.2, 0.25) is 0 Å². The van der Waals surface area contributed by atoms with Gasteiger partial charge >= 0.3 is 0 Å². The number of anilines is 1. The number of carbonyl (C=O) groups is 1. The van der Waals surface area contributed by atoms with Crippen LogP contribution < -0.4 is 5.73 Å². The summed E-state index contributed by atoms with van der Waals surface area (Å²) in [5.41, 5.74) is 7.80. The molecule has 0 unspecified atom stereocenters. The van der Waals surface area contributed by atoms with Crippen LogP contribution in [-0.2, 0) is 0 Å². The summed E-state index contributed by atoms with van der Waals surface area (Å²) in [6.45, 7) is 1.89. The van der Waals surface area contributed by atoms with E-state index in [0.717, 1.165) is 5.56 Å². The molecule has 0 amide bonds. The summed E-state index contributed by atoms with van der Waals surface area (Å²) < 4.78 is 0. The first-order valence-corrected chi connectivity index (χ1v) is 4.14. The molecule has 0 heterocycles. The number of hydrogen-bond donors (Lipinski definition) is 1. The van der Waals surface area contributed by atoms with Crippen molar-refractivity contribution in [1.29, 1.82) is 0 Å². The number of Topliss-reactive ketones (excluding diaryl/α,β-unsaturated/α-hetero) is 1. The fourth-order valence-electron chi connectivity index (χ4n) is 0.891. The second-order valence-electron chi connectivity index (χ2n) is 2.63. The van der Waals surface area contributed by atoms with Crippen LogP contribution in [0.25, 0.3) is 0 Å². The molecule has 0 spiro atoms. The Morgan fingerprint density at radius 3 is 2.75 bits per heavy atom. The Bertz CT molecular complexity index is 309. The molecule has 0 aromatic heterocycles. The lowest BCUT2D eigenvalue weighted by Crippen LogP contribution is -2.01. The predicted molar refractivity (Wildman–Crippen MR) is 50.6 cm³/mol. The lowest BCUT2D eigenvalue weighted by Gasteiger charge is -2.01. The van der Waals surface area contributed by atoms with E-state index >= 15 is 0 Å². The molecule has 0 radical (unpaired) electrons. The molecular formula is C9H10ClNO. The van der Waals surface area contributed by atoms with Crippen molar-refractivity contribution in [2.24, 2.45) is 0 Å². The molecule has 0 saturated heterocycles. The maximum atomic E-state index is 11.1. The van der Waals surface area contributed by atoms with E-state index < -0.39 is 0 Å². The van der Waals surface area contributed by atoms with E-state index in [1.807, 2.05) is 13.0 Å². The summed E-state index contributed by atoms with van der Waals surface area (Å²) in [4.78, 5) is 11.1. The van der Waals surface area contributed by atoms with Crippen molar-refractivity contribution in [3.8, 4) is 0 Å².